The van der Waals surface area contributed by atoms with Crippen molar-refractivity contribution in [2.75, 3.05) is 32.1 Å². The van der Waals surface area contributed by atoms with E-state index < -0.39 is 0 Å². The zero-order chi connectivity index (χ0) is 23.2. The number of hydrogen-bond donors (Lipinski definition) is 2. The van der Waals surface area contributed by atoms with E-state index in [1.807, 2.05) is 24.3 Å². The topological polar surface area (TPSA) is 79.9 Å². The Kier molecular flexibility index (Phi) is 7.29. The molecule has 2 heterocycles. The minimum absolute atomic E-state index is 0.158. The largest absolute Gasteiger partial charge is 0.496 e. The molecule has 1 saturated heterocycles. The molecule has 0 aromatic heterocycles. The highest BCUT2D eigenvalue weighted by atomic mass is 16.5. The fourth-order valence-electron chi connectivity index (χ4n) is 4.30. The Bertz CT molecular complexity index is 1050. The number of nitrogens with one attached hydrogen (secondary N) is 2. The van der Waals surface area contributed by atoms with Crippen LogP contribution in [0, 0.1) is 0 Å². The highest BCUT2D eigenvalue weighted by Crippen LogP contribution is 2.33. The summed E-state index contributed by atoms with van der Waals surface area (Å²) in [6.07, 6.45) is 6.38. The second-order valence-corrected chi connectivity index (χ2v) is 8.51. The number of nitrogens with zero attached hydrogens (tertiary/aromatic N) is 1. The molecule has 7 heteroatoms. The van der Waals surface area contributed by atoms with Gasteiger partial charge in [-0.15, -0.1) is 0 Å². The molecule has 1 fully saturated rings. The van der Waals surface area contributed by atoms with Crippen LogP contribution in [0.5, 0.6) is 11.5 Å². The zero-order valence-electron chi connectivity index (χ0n) is 19.2. The summed E-state index contributed by atoms with van der Waals surface area (Å²) in [6, 6.07) is 13.1. The highest BCUT2D eigenvalue weighted by Gasteiger charge is 2.24. The van der Waals surface area contributed by atoms with Gasteiger partial charge in [0.1, 0.15) is 5.75 Å². The van der Waals surface area contributed by atoms with Crippen molar-refractivity contribution in [2.45, 2.75) is 38.6 Å². The van der Waals surface area contributed by atoms with Crippen molar-refractivity contribution in [1.82, 2.24) is 10.2 Å². The molecule has 0 radical (unpaired) electrons. The van der Waals surface area contributed by atoms with Crippen LogP contribution < -0.4 is 20.1 Å². The van der Waals surface area contributed by atoms with Crippen molar-refractivity contribution < 1.29 is 19.1 Å². The Labute approximate surface area is 194 Å². The third-order valence-corrected chi connectivity index (χ3v) is 6.21. The average molecular weight is 450 g/mol. The number of benzene rings is 2. The van der Waals surface area contributed by atoms with Crippen LogP contribution in [0.15, 0.2) is 48.2 Å². The van der Waals surface area contributed by atoms with Gasteiger partial charge in [-0.1, -0.05) is 24.6 Å². The minimum atomic E-state index is -0.374. The predicted molar refractivity (Wildman–Crippen MR) is 129 cm³/mol. The summed E-state index contributed by atoms with van der Waals surface area (Å²) in [7, 11) is 1.58. The van der Waals surface area contributed by atoms with Crippen LogP contribution in [0.3, 0.4) is 0 Å². The third kappa shape index (κ3) is 5.54. The van der Waals surface area contributed by atoms with Crippen molar-refractivity contribution in [3.63, 3.8) is 0 Å². The monoisotopic (exact) mass is 449 g/mol. The van der Waals surface area contributed by atoms with E-state index >= 15 is 0 Å². The number of fused-ring (bicyclic) bond motifs is 1. The highest BCUT2D eigenvalue weighted by molar-refractivity contribution is 6.09. The first-order valence-electron chi connectivity index (χ1n) is 11.6. The lowest BCUT2D eigenvalue weighted by atomic mass is 10.0. The van der Waals surface area contributed by atoms with Gasteiger partial charge in [-0.05, 0) is 63.1 Å². The van der Waals surface area contributed by atoms with Crippen molar-refractivity contribution in [3.8, 4) is 11.5 Å². The zero-order valence-corrected chi connectivity index (χ0v) is 19.2. The Morgan fingerprint density at radius 1 is 1.27 bits per heavy atom. The molecule has 2 aliphatic heterocycles. The third-order valence-electron chi connectivity index (χ3n) is 6.21. The van der Waals surface area contributed by atoms with E-state index in [4.69, 9.17) is 9.47 Å². The Hall–Kier alpha value is -3.32. The second-order valence-electron chi connectivity index (χ2n) is 8.51. The fourth-order valence-corrected chi connectivity index (χ4v) is 4.30. The number of piperidine rings is 1. The van der Waals surface area contributed by atoms with Crippen molar-refractivity contribution in [3.05, 3.63) is 59.4 Å². The van der Waals surface area contributed by atoms with Gasteiger partial charge in [-0.2, -0.15) is 0 Å². The van der Waals surface area contributed by atoms with E-state index in [0.29, 0.717) is 35.3 Å². The molecule has 0 aliphatic carbocycles. The first-order chi connectivity index (χ1) is 16.0. The molecule has 0 spiro atoms. The number of ether oxygens (including phenoxy) is 2. The number of anilines is 1. The van der Waals surface area contributed by atoms with E-state index in [1.54, 1.807) is 31.4 Å². The van der Waals surface area contributed by atoms with Crippen molar-refractivity contribution in [2.24, 2.45) is 0 Å². The molecular weight excluding hydrogens is 418 g/mol. The van der Waals surface area contributed by atoms with Crippen LogP contribution >= 0.6 is 0 Å². The Morgan fingerprint density at radius 3 is 2.94 bits per heavy atom. The summed E-state index contributed by atoms with van der Waals surface area (Å²) in [5.74, 6) is 0.771. The van der Waals surface area contributed by atoms with E-state index in [1.165, 1.54) is 19.3 Å². The predicted octanol–water partition coefficient (Wildman–Crippen LogP) is 4.06. The van der Waals surface area contributed by atoms with Gasteiger partial charge in [-0.3, -0.25) is 9.59 Å². The fraction of sp³-hybridized carbons (Fsp3) is 0.385. The number of para-hydroxylation sites is 1. The molecule has 2 N–H and O–H groups in total. The van der Waals surface area contributed by atoms with Gasteiger partial charge >= 0.3 is 0 Å². The molecule has 0 saturated carbocycles. The average Bonchev–Trinajstić information content (AvgIpc) is 2.83. The molecule has 0 unspecified atom stereocenters. The first kappa shape index (κ1) is 22.9. The van der Waals surface area contributed by atoms with E-state index in [0.717, 1.165) is 25.1 Å². The van der Waals surface area contributed by atoms with Gasteiger partial charge < -0.3 is 25.0 Å². The lowest BCUT2D eigenvalue weighted by Crippen LogP contribution is -2.39. The van der Waals surface area contributed by atoms with E-state index in [2.05, 4.69) is 22.5 Å². The number of likely N-dealkylation sites (tertiary alicyclic amines) is 1. The molecule has 174 valence electrons. The summed E-state index contributed by atoms with van der Waals surface area (Å²) in [5, 5.41) is 5.80. The molecule has 4 rings (SSSR count). The normalized spacial score (nSPS) is 19.4. The van der Waals surface area contributed by atoms with Gasteiger partial charge in [0, 0.05) is 30.3 Å². The summed E-state index contributed by atoms with van der Waals surface area (Å²) in [6.45, 7) is 5.04. The van der Waals surface area contributed by atoms with Gasteiger partial charge in [0.25, 0.3) is 11.8 Å². The maximum absolute atomic E-state index is 12.6. The van der Waals surface area contributed by atoms with Gasteiger partial charge in [-0.25, -0.2) is 0 Å². The number of amides is 2. The molecule has 33 heavy (non-hydrogen) atoms. The van der Waals surface area contributed by atoms with Crippen LogP contribution in [-0.2, 0) is 4.79 Å². The van der Waals surface area contributed by atoms with Crippen LogP contribution in [0.4, 0.5) is 5.69 Å². The van der Waals surface area contributed by atoms with Crippen molar-refractivity contribution in [1.29, 1.82) is 0 Å². The molecule has 2 aromatic rings. The number of hydrogen-bond acceptors (Lipinski definition) is 5. The van der Waals surface area contributed by atoms with Crippen LogP contribution in [0.1, 0.15) is 48.5 Å². The minimum Gasteiger partial charge on any atom is -0.496 e. The van der Waals surface area contributed by atoms with Crippen molar-refractivity contribution >= 4 is 23.6 Å². The number of carbonyl (C=O) groups excluding carboxylic acids is 2. The van der Waals surface area contributed by atoms with Gasteiger partial charge in [0.15, 0.2) is 11.5 Å². The van der Waals surface area contributed by atoms with Gasteiger partial charge in [0.2, 0.25) is 0 Å². The van der Waals surface area contributed by atoms with Crippen LogP contribution in [-0.4, -0.2) is 49.5 Å². The molecule has 2 aromatic carbocycles. The molecule has 7 nitrogen and oxygen atoms in total. The number of methoxy groups -OCH3 is 1. The summed E-state index contributed by atoms with van der Waals surface area (Å²) in [5.41, 5.74) is 1.71. The Balaban J connectivity index is 1.36. The van der Waals surface area contributed by atoms with E-state index in [-0.39, 0.29) is 17.6 Å². The smallest absolute Gasteiger partial charge is 0.291 e. The Morgan fingerprint density at radius 2 is 2.12 bits per heavy atom. The maximum atomic E-state index is 12.6. The van der Waals surface area contributed by atoms with Gasteiger partial charge in [0.05, 0.1) is 12.8 Å². The lowest BCUT2D eigenvalue weighted by molar-refractivity contribution is -0.115. The molecular formula is C26H31N3O4. The maximum Gasteiger partial charge on any atom is 0.291 e. The van der Waals surface area contributed by atoms with Crippen LogP contribution in [0.25, 0.3) is 6.08 Å². The lowest BCUT2D eigenvalue weighted by Gasteiger charge is -2.33. The molecule has 0 bridgehead atoms. The number of carbonyl (C=O) groups is 2. The number of rotatable bonds is 7. The van der Waals surface area contributed by atoms with E-state index in [9.17, 15) is 9.59 Å². The SMILES string of the molecule is COc1ccccc1/C=C1\Oc2ccc(C(=O)NCCCN3CCCC[C@@H]3C)cc2NC1=O. The molecule has 2 amide bonds. The summed E-state index contributed by atoms with van der Waals surface area (Å²) < 4.78 is 11.1. The first-order valence-corrected chi connectivity index (χ1v) is 11.6. The summed E-state index contributed by atoms with van der Waals surface area (Å²) >= 11 is 0. The second kappa shape index (κ2) is 10.5. The van der Waals surface area contributed by atoms with Crippen LogP contribution in [0.2, 0.25) is 0 Å². The summed E-state index contributed by atoms with van der Waals surface area (Å²) in [4.78, 5) is 27.7. The molecule has 2 aliphatic rings. The molecule has 1 atom stereocenters. The quantitative estimate of drug-likeness (QED) is 0.492. The standard InChI is InChI=1S/C26H31N3O4/c1-18-8-5-6-14-29(18)15-7-13-27-25(30)20-11-12-23-21(16-20)28-26(31)24(33-23)17-19-9-3-4-10-22(19)32-2/h3-4,9-12,16-18H,5-8,13-15H2,1-2H3,(H,27,30)(H,28,31)/b24-17-/t18-/m0/s1.